The summed E-state index contributed by atoms with van der Waals surface area (Å²) in [7, 11) is 0. The molecular formula is C16H21N3O2. The zero-order valence-corrected chi connectivity index (χ0v) is 12.6. The molecule has 0 aliphatic heterocycles. The van der Waals surface area contributed by atoms with Crippen molar-refractivity contribution in [2.75, 3.05) is 11.9 Å². The molecule has 1 aromatic heterocycles. The van der Waals surface area contributed by atoms with Crippen molar-refractivity contribution in [3.8, 4) is 5.75 Å². The van der Waals surface area contributed by atoms with Crippen LogP contribution in [0.2, 0.25) is 0 Å². The van der Waals surface area contributed by atoms with Crippen LogP contribution in [0.1, 0.15) is 49.2 Å². The third kappa shape index (κ3) is 4.08. The number of nitrogens with one attached hydrogen (secondary N) is 2. The van der Waals surface area contributed by atoms with E-state index in [1.807, 2.05) is 25.1 Å². The van der Waals surface area contributed by atoms with E-state index in [0.29, 0.717) is 29.7 Å². The number of hydrogen-bond donors (Lipinski definition) is 2. The van der Waals surface area contributed by atoms with Crippen LogP contribution in [0.5, 0.6) is 5.75 Å². The summed E-state index contributed by atoms with van der Waals surface area (Å²) in [5.41, 5.74) is 1.54. The Morgan fingerprint density at radius 2 is 2.19 bits per heavy atom. The van der Waals surface area contributed by atoms with Crippen molar-refractivity contribution < 1.29 is 9.53 Å². The molecule has 1 aromatic carbocycles. The summed E-state index contributed by atoms with van der Waals surface area (Å²) in [5.74, 6) is 1.38. The first-order chi connectivity index (χ1) is 10.1. The average Bonchev–Trinajstić information content (AvgIpc) is 2.94. The van der Waals surface area contributed by atoms with E-state index >= 15 is 0 Å². The van der Waals surface area contributed by atoms with Gasteiger partial charge in [0.05, 0.1) is 6.61 Å². The maximum Gasteiger partial charge on any atom is 0.256 e. The minimum atomic E-state index is -0.196. The number of carbonyl (C=O) groups excluding carboxylic acids is 1. The highest BCUT2D eigenvalue weighted by Crippen LogP contribution is 2.17. The molecule has 0 fully saturated rings. The molecule has 21 heavy (non-hydrogen) atoms. The van der Waals surface area contributed by atoms with Gasteiger partial charge in [-0.3, -0.25) is 9.89 Å². The smallest absolute Gasteiger partial charge is 0.256 e. The van der Waals surface area contributed by atoms with Crippen molar-refractivity contribution in [3.05, 3.63) is 41.6 Å². The van der Waals surface area contributed by atoms with Crippen molar-refractivity contribution in [1.82, 2.24) is 10.2 Å². The summed E-state index contributed by atoms with van der Waals surface area (Å²) >= 11 is 0. The Hall–Kier alpha value is -2.30. The fourth-order valence-corrected chi connectivity index (χ4v) is 1.83. The normalized spacial score (nSPS) is 10.7. The predicted molar refractivity (Wildman–Crippen MR) is 82.9 cm³/mol. The number of nitrogens with zero attached hydrogens (tertiary/aromatic N) is 1. The topological polar surface area (TPSA) is 67.0 Å². The van der Waals surface area contributed by atoms with Gasteiger partial charge in [0.2, 0.25) is 0 Å². The van der Waals surface area contributed by atoms with Gasteiger partial charge in [0, 0.05) is 17.3 Å². The fraction of sp³-hybridized carbons (Fsp3) is 0.375. The zero-order valence-electron chi connectivity index (χ0n) is 12.6. The molecule has 5 nitrogen and oxygen atoms in total. The van der Waals surface area contributed by atoms with Gasteiger partial charge in [0.1, 0.15) is 5.75 Å². The van der Waals surface area contributed by atoms with Crippen LogP contribution in [0.15, 0.2) is 30.3 Å². The van der Waals surface area contributed by atoms with E-state index in [2.05, 4.69) is 29.4 Å². The first-order valence-electron chi connectivity index (χ1n) is 7.19. The number of ether oxygens (including phenoxy) is 1. The summed E-state index contributed by atoms with van der Waals surface area (Å²) in [5, 5.41) is 9.78. The van der Waals surface area contributed by atoms with Crippen LogP contribution in [0.4, 0.5) is 5.82 Å². The molecule has 1 heterocycles. The number of carbonyl (C=O) groups is 1. The van der Waals surface area contributed by atoms with Crippen LogP contribution in [-0.2, 0) is 0 Å². The van der Waals surface area contributed by atoms with E-state index < -0.39 is 0 Å². The Labute approximate surface area is 124 Å². The van der Waals surface area contributed by atoms with Crippen LogP contribution in [0.3, 0.4) is 0 Å². The van der Waals surface area contributed by atoms with Crippen molar-refractivity contribution in [2.24, 2.45) is 0 Å². The Kier molecular flexibility index (Phi) is 4.98. The number of H-pyrrole nitrogens is 1. The summed E-state index contributed by atoms with van der Waals surface area (Å²) in [6.45, 7) is 6.81. The maximum atomic E-state index is 12.2. The van der Waals surface area contributed by atoms with Gasteiger partial charge < -0.3 is 10.1 Å². The Balaban J connectivity index is 2.05. The SMILES string of the molecule is CCCOc1cccc(C(=O)Nc2cc(C(C)C)[nH]n2)c1. The van der Waals surface area contributed by atoms with Crippen molar-refractivity contribution >= 4 is 11.7 Å². The van der Waals surface area contributed by atoms with Crippen molar-refractivity contribution in [2.45, 2.75) is 33.1 Å². The molecule has 0 unspecified atom stereocenters. The van der Waals surface area contributed by atoms with E-state index in [0.717, 1.165) is 12.1 Å². The molecule has 0 atom stereocenters. The number of benzene rings is 1. The monoisotopic (exact) mass is 287 g/mol. The van der Waals surface area contributed by atoms with Gasteiger partial charge in [-0.2, -0.15) is 5.10 Å². The molecule has 0 radical (unpaired) electrons. The largest absolute Gasteiger partial charge is 0.494 e. The second-order valence-electron chi connectivity index (χ2n) is 5.19. The predicted octanol–water partition coefficient (Wildman–Crippen LogP) is 3.57. The number of aromatic amines is 1. The van der Waals surface area contributed by atoms with E-state index in [4.69, 9.17) is 4.74 Å². The lowest BCUT2D eigenvalue weighted by molar-refractivity contribution is 0.102. The lowest BCUT2D eigenvalue weighted by Gasteiger charge is -2.06. The van der Waals surface area contributed by atoms with Crippen molar-refractivity contribution in [3.63, 3.8) is 0 Å². The van der Waals surface area contributed by atoms with Gasteiger partial charge in [-0.05, 0) is 30.5 Å². The molecule has 0 aliphatic carbocycles. The molecule has 0 bridgehead atoms. The number of aromatic nitrogens is 2. The van der Waals surface area contributed by atoms with Gasteiger partial charge in [0.15, 0.2) is 5.82 Å². The Morgan fingerprint density at radius 3 is 2.86 bits per heavy atom. The lowest BCUT2D eigenvalue weighted by Crippen LogP contribution is -2.12. The van der Waals surface area contributed by atoms with Crippen LogP contribution in [0.25, 0.3) is 0 Å². The van der Waals surface area contributed by atoms with Gasteiger partial charge >= 0.3 is 0 Å². The van der Waals surface area contributed by atoms with E-state index in [1.165, 1.54) is 0 Å². The molecule has 5 heteroatoms. The first-order valence-corrected chi connectivity index (χ1v) is 7.19. The molecule has 112 valence electrons. The van der Waals surface area contributed by atoms with E-state index in [-0.39, 0.29) is 5.91 Å². The van der Waals surface area contributed by atoms with Gasteiger partial charge in [-0.25, -0.2) is 0 Å². The molecular weight excluding hydrogens is 266 g/mol. The van der Waals surface area contributed by atoms with Crippen LogP contribution in [-0.4, -0.2) is 22.7 Å². The lowest BCUT2D eigenvalue weighted by atomic mass is 10.1. The van der Waals surface area contributed by atoms with Crippen LogP contribution < -0.4 is 10.1 Å². The Bertz CT molecular complexity index is 605. The van der Waals surface area contributed by atoms with Crippen LogP contribution >= 0.6 is 0 Å². The minimum absolute atomic E-state index is 0.196. The van der Waals surface area contributed by atoms with Gasteiger partial charge in [0.25, 0.3) is 5.91 Å². The third-order valence-electron chi connectivity index (χ3n) is 3.03. The van der Waals surface area contributed by atoms with Gasteiger partial charge in [-0.1, -0.05) is 26.8 Å². The molecule has 1 amide bonds. The zero-order chi connectivity index (χ0) is 15.2. The summed E-state index contributed by atoms with van der Waals surface area (Å²) in [6, 6.07) is 8.99. The molecule has 2 N–H and O–H groups in total. The molecule has 0 saturated carbocycles. The molecule has 0 saturated heterocycles. The number of hydrogen-bond acceptors (Lipinski definition) is 3. The van der Waals surface area contributed by atoms with Gasteiger partial charge in [-0.15, -0.1) is 0 Å². The number of amides is 1. The Morgan fingerprint density at radius 1 is 1.38 bits per heavy atom. The van der Waals surface area contributed by atoms with E-state index in [1.54, 1.807) is 12.1 Å². The average molecular weight is 287 g/mol. The first kappa shape index (κ1) is 15.1. The number of rotatable bonds is 6. The maximum absolute atomic E-state index is 12.2. The van der Waals surface area contributed by atoms with Crippen molar-refractivity contribution in [1.29, 1.82) is 0 Å². The second-order valence-corrected chi connectivity index (χ2v) is 5.19. The molecule has 0 spiro atoms. The quantitative estimate of drug-likeness (QED) is 0.853. The second kappa shape index (κ2) is 6.92. The van der Waals surface area contributed by atoms with Crippen LogP contribution in [0, 0.1) is 0 Å². The molecule has 2 aromatic rings. The third-order valence-corrected chi connectivity index (χ3v) is 3.03. The summed E-state index contributed by atoms with van der Waals surface area (Å²) < 4.78 is 5.53. The minimum Gasteiger partial charge on any atom is -0.494 e. The highest BCUT2D eigenvalue weighted by atomic mass is 16.5. The highest BCUT2D eigenvalue weighted by Gasteiger charge is 2.10. The highest BCUT2D eigenvalue weighted by molar-refractivity contribution is 6.04. The molecule has 2 rings (SSSR count). The molecule has 0 aliphatic rings. The summed E-state index contributed by atoms with van der Waals surface area (Å²) in [6.07, 6.45) is 0.932. The summed E-state index contributed by atoms with van der Waals surface area (Å²) in [4.78, 5) is 12.2. The fourth-order valence-electron chi connectivity index (χ4n) is 1.83. The number of anilines is 1. The van der Waals surface area contributed by atoms with E-state index in [9.17, 15) is 4.79 Å². The standard InChI is InChI=1S/C16H21N3O2/c1-4-8-21-13-7-5-6-12(9-13)16(20)17-15-10-14(11(2)3)18-19-15/h5-7,9-11H,4,8H2,1-3H3,(H2,17,18,19,20).